The standard InChI is InChI=1S/C30H32N4S/c1-19(2)23-13-15-24(16-14-23)34-29(28(32-30(34)35)26-11-8-9-17-31-26)25-18-21(4)33(22(25)5)27-12-7-6-10-20(27)3/h6-19,28-29H,1-5H3,(H,32,35)/t28-,29-/m1/s1. The zero-order chi connectivity index (χ0) is 24.7. The zero-order valence-electron chi connectivity index (χ0n) is 21.0. The van der Waals surface area contributed by atoms with Crippen LogP contribution in [0.25, 0.3) is 5.69 Å². The number of benzene rings is 2. The first-order chi connectivity index (χ1) is 16.9. The number of nitrogens with zero attached hydrogens (tertiary/aromatic N) is 3. The summed E-state index contributed by atoms with van der Waals surface area (Å²) in [6, 6.07) is 25.7. The molecule has 0 saturated carbocycles. The van der Waals surface area contributed by atoms with Gasteiger partial charge in [-0.3, -0.25) is 4.98 Å². The van der Waals surface area contributed by atoms with Crippen LogP contribution in [0.4, 0.5) is 5.69 Å². The Morgan fingerprint density at radius 1 is 0.914 bits per heavy atom. The van der Waals surface area contributed by atoms with Gasteiger partial charge in [0.05, 0.1) is 17.8 Å². The number of hydrogen-bond donors (Lipinski definition) is 1. The topological polar surface area (TPSA) is 33.1 Å². The summed E-state index contributed by atoms with van der Waals surface area (Å²) in [5.41, 5.74) is 9.55. The molecule has 0 radical (unpaired) electrons. The van der Waals surface area contributed by atoms with Crippen LogP contribution in [-0.4, -0.2) is 14.7 Å². The fraction of sp³-hybridized carbons (Fsp3) is 0.267. The fourth-order valence-electron chi connectivity index (χ4n) is 5.24. The maximum absolute atomic E-state index is 5.94. The van der Waals surface area contributed by atoms with Gasteiger partial charge in [-0.15, -0.1) is 0 Å². The second-order valence-electron chi connectivity index (χ2n) is 9.69. The summed E-state index contributed by atoms with van der Waals surface area (Å²) in [7, 11) is 0. The van der Waals surface area contributed by atoms with Gasteiger partial charge in [0.2, 0.25) is 0 Å². The molecule has 0 amide bonds. The smallest absolute Gasteiger partial charge is 0.174 e. The van der Waals surface area contributed by atoms with Gasteiger partial charge in [-0.05, 0) is 92.0 Å². The molecule has 0 aliphatic carbocycles. The third-order valence-corrected chi connectivity index (χ3v) is 7.40. The Bertz CT molecular complexity index is 1360. The summed E-state index contributed by atoms with van der Waals surface area (Å²) in [5, 5.41) is 4.32. The van der Waals surface area contributed by atoms with E-state index < -0.39 is 0 Å². The van der Waals surface area contributed by atoms with Crippen molar-refractivity contribution in [3.8, 4) is 5.69 Å². The molecule has 4 nitrogen and oxygen atoms in total. The van der Waals surface area contributed by atoms with Crippen LogP contribution in [0.1, 0.15) is 65.6 Å². The van der Waals surface area contributed by atoms with E-state index in [1.165, 1.54) is 33.8 Å². The molecule has 0 bridgehead atoms. The molecular weight excluding hydrogens is 448 g/mol. The predicted octanol–water partition coefficient (Wildman–Crippen LogP) is 7.10. The van der Waals surface area contributed by atoms with Crippen LogP contribution < -0.4 is 10.2 Å². The van der Waals surface area contributed by atoms with Crippen molar-refractivity contribution in [1.29, 1.82) is 0 Å². The van der Waals surface area contributed by atoms with Crippen molar-refractivity contribution in [1.82, 2.24) is 14.9 Å². The lowest BCUT2D eigenvalue weighted by atomic mass is 9.96. The highest BCUT2D eigenvalue weighted by Gasteiger charge is 2.42. The number of pyridine rings is 1. The van der Waals surface area contributed by atoms with E-state index >= 15 is 0 Å². The highest BCUT2D eigenvalue weighted by molar-refractivity contribution is 7.80. The number of aryl methyl sites for hydroxylation is 2. The predicted molar refractivity (Wildman–Crippen MR) is 148 cm³/mol. The highest BCUT2D eigenvalue weighted by Crippen LogP contribution is 2.44. The minimum absolute atomic E-state index is 0.0220. The van der Waals surface area contributed by atoms with Crippen LogP contribution in [-0.2, 0) is 0 Å². The number of aromatic nitrogens is 2. The van der Waals surface area contributed by atoms with Crippen molar-refractivity contribution in [3.63, 3.8) is 0 Å². The summed E-state index contributed by atoms with van der Waals surface area (Å²) in [4.78, 5) is 6.98. The van der Waals surface area contributed by atoms with Gasteiger partial charge in [0.15, 0.2) is 5.11 Å². The molecule has 1 fully saturated rings. The summed E-state index contributed by atoms with van der Waals surface area (Å²) >= 11 is 5.94. The van der Waals surface area contributed by atoms with Gasteiger partial charge >= 0.3 is 0 Å². The van der Waals surface area contributed by atoms with E-state index in [-0.39, 0.29) is 12.1 Å². The van der Waals surface area contributed by atoms with Gasteiger partial charge in [0.25, 0.3) is 0 Å². The molecule has 0 spiro atoms. The number of para-hydroxylation sites is 1. The number of anilines is 1. The van der Waals surface area contributed by atoms with Gasteiger partial charge in [0, 0.05) is 29.0 Å². The van der Waals surface area contributed by atoms with E-state index in [1.54, 1.807) is 0 Å². The molecule has 35 heavy (non-hydrogen) atoms. The third kappa shape index (κ3) is 4.14. The molecular formula is C30H32N4S. The van der Waals surface area contributed by atoms with Crippen molar-refractivity contribution in [3.05, 3.63) is 113 Å². The van der Waals surface area contributed by atoms with Gasteiger partial charge in [-0.2, -0.15) is 0 Å². The number of hydrogen-bond acceptors (Lipinski definition) is 2. The Kier molecular flexibility index (Phi) is 6.20. The normalized spacial score (nSPS) is 17.8. The monoisotopic (exact) mass is 480 g/mol. The Morgan fingerprint density at radius 3 is 2.29 bits per heavy atom. The first-order valence-corrected chi connectivity index (χ1v) is 12.6. The third-order valence-electron chi connectivity index (χ3n) is 7.08. The molecule has 2 aromatic carbocycles. The van der Waals surface area contributed by atoms with Crippen molar-refractivity contribution < 1.29 is 0 Å². The average molecular weight is 481 g/mol. The molecule has 2 aromatic heterocycles. The van der Waals surface area contributed by atoms with E-state index in [4.69, 9.17) is 17.2 Å². The number of rotatable bonds is 5. The SMILES string of the molecule is Cc1ccccc1-n1c(C)cc([C@@H]2[C@@H](c3ccccn3)NC(=S)N2c2ccc(C(C)C)cc2)c1C. The Hall–Kier alpha value is -3.44. The molecule has 178 valence electrons. The minimum atomic E-state index is -0.0562. The molecule has 3 heterocycles. The molecule has 1 aliphatic rings. The zero-order valence-corrected chi connectivity index (χ0v) is 21.8. The largest absolute Gasteiger partial charge is 0.351 e. The van der Waals surface area contributed by atoms with Gasteiger partial charge in [0.1, 0.15) is 0 Å². The molecule has 1 aliphatic heterocycles. The average Bonchev–Trinajstić information content (AvgIpc) is 3.35. The lowest BCUT2D eigenvalue weighted by molar-refractivity contribution is 0.565. The minimum Gasteiger partial charge on any atom is -0.351 e. The van der Waals surface area contributed by atoms with Crippen molar-refractivity contribution in [2.75, 3.05) is 4.90 Å². The second-order valence-corrected chi connectivity index (χ2v) is 10.1. The number of thiocarbonyl (C=S) groups is 1. The Balaban J connectivity index is 1.67. The van der Waals surface area contributed by atoms with Gasteiger partial charge in [-0.25, -0.2) is 0 Å². The van der Waals surface area contributed by atoms with Crippen molar-refractivity contribution in [2.24, 2.45) is 0 Å². The Morgan fingerprint density at radius 2 is 1.63 bits per heavy atom. The lowest BCUT2D eigenvalue weighted by Crippen LogP contribution is -2.29. The summed E-state index contributed by atoms with van der Waals surface area (Å²) in [6.45, 7) is 11.0. The second kappa shape index (κ2) is 9.31. The summed E-state index contributed by atoms with van der Waals surface area (Å²) < 4.78 is 2.36. The molecule has 0 unspecified atom stereocenters. The lowest BCUT2D eigenvalue weighted by Gasteiger charge is -2.28. The quantitative estimate of drug-likeness (QED) is 0.309. The maximum atomic E-state index is 5.94. The summed E-state index contributed by atoms with van der Waals surface area (Å²) in [6.07, 6.45) is 1.85. The van der Waals surface area contributed by atoms with Gasteiger partial charge in [-0.1, -0.05) is 50.2 Å². The van der Waals surface area contributed by atoms with Crippen molar-refractivity contribution >= 4 is 23.0 Å². The van der Waals surface area contributed by atoms with Crippen LogP contribution in [0.15, 0.2) is 79.0 Å². The Labute approximate surface area is 213 Å². The molecule has 5 rings (SSSR count). The van der Waals surface area contributed by atoms with E-state index in [2.05, 4.69) is 110 Å². The van der Waals surface area contributed by atoms with E-state index in [9.17, 15) is 0 Å². The number of nitrogens with one attached hydrogen (secondary N) is 1. The highest BCUT2D eigenvalue weighted by atomic mass is 32.1. The van der Waals surface area contributed by atoms with Gasteiger partial charge < -0.3 is 14.8 Å². The fourth-order valence-corrected chi connectivity index (χ4v) is 5.59. The van der Waals surface area contributed by atoms with Crippen LogP contribution in [0.5, 0.6) is 0 Å². The van der Waals surface area contributed by atoms with E-state index in [0.717, 1.165) is 16.5 Å². The van der Waals surface area contributed by atoms with Crippen LogP contribution in [0, 0.1) is 20.8 Å². The van der Waals surface area contributed by atoms with Crippen molar-refractivity contribution in [2.45, 2.75) is 52.6 Å². The molecule has 1 N–H and O–H groups in total. The molecule has 1 saturated heterocycles. The molecule has 4 aromatic rings. The first kappa shape index (κ1) is 23.3. The van der Waals surface area contributed by atoms with Crippen LogP contribution in [0.3, 0.4) is 0 Å². The van der Waals surface area contributed by atoms with E-state index in [0.29, 0.717) is 5.92 Å². The van der Waals surface area contributed by atoms with Crippen LogP contribution >= 0.6 is 12.2 Å². The molecule has 5 heteroatoms. The maximum Gasteiger partial charge on any atom is 0.174 e. The van der Waals surface area contributed by atoms with Crippen LogP contribution in [0.2, 0.25) is 0 Å². The summed E-state index contributed by atoms with van der Waals surface area (Å²) in [5.74, 6) is 0.484. The van der Waals surface area contributed by atoms with E-state index in [1.807, 2.05) is 18.3 Å². The first-order valence-electron chi connectivity index (χ1n) is 12.2. The molecule has 2 atom stereocenters.